The fourth-order valence-electron chi connectivity index (χ4n) is 1.54. The van der Waals surface area contributed by atoms with Crippen LogP contribution >= 0.6 is 0 Å². The number of rotatable bonds is 2. The van der Waals surface area contributed by atoms with Gasteiger partial charge in [0.05, 0.1) is 0 Å². The maximum atomic E-state index is 11.6. The summed E-state index contributed by atoms with van der Waals surface area (Å²) in [5, 5.41) is 0. The summed E-state index contributed by atoms with van der Waals surface area (Å²) in [6.07, 6.45) is 0.801. The molecule has 1 heterocycles. The molecule has 1 fully saturated rings. The van der Waals surface area contributed by atoms with Crippen molar-refractivity contribution in [1.82, 2.24) is 9.80 Å². The van der Waals surface area contributed by atoms with E-state index < -0.39 is 0 Å². The largest absolute Gasteiger partial charge is 0.347 e. The Morgan fingerprint density at radius 3 is 2.21 bits per heavy atom. The lowest BCUT2D eigenvalue weighted by atomic mass is 9.99. The van der Waals surface area contributed by atoms with Gasteiger partial charge in [-0.15, -0.1) is 0 Å². The first-order chi connectivity index (χ1) is 6.45. The second-order valence-corrected chi connectivity index (χ2v) is 4.22. The van der Waals surface area contributed by atoms with Crippen molar-refractivity contribution in [3.63, 3.8) is 0 Å². The molecule has 0 aromatic rings. The van der Waals surface area contributed by atoms with Gasteiger partial charge in [0.1, 0.15) is 6.04 Å². The third kappa shape index (κ3) is 1.89. The first-order valence-electron chi connectivity index (χ1n) is 4.96. The van der Waals surface area contributed by atoms with Crippen molar-refractivity contribution < 1.29 is 9.59 Å². The molecule has 14 heavy (non-hydrogen) atoms. The van der Waals surface area contributed by atoms with Gasteiger partial charge in [0.25, 0.3) is 0 Å². The van der Waals surface area contributed by atoms with Crippen LogP contribution < -0.4 is 0 Å². The van der Waals surface area contributed by atoms with Crippen LogP contribution in [0.1, 0.15) is 20.3 Å². The second-order valence-electron chi connectivity index (χ2n) is 4.22. The number of hydrogen-bond acceptors (Lipinski definition) is 2. The standard InChI is InChI=1S/C10H18N2O2/c1-7(2)9(13)12-6-5-8(12)10(14)11(3)4/h7-8H,5-6H2,1-4H3. The molecule has 1 aliphatic rings. The van der Waals surface area contributed by atoms with Gasteiger partial charge in [-0.2, -0.15) is 0 Å². The quantitative estimate of drug-likeness (QED) is 0.641. The molecule has 1 unspecified atom stereocenters. The molecule has 4 heteroatoms. The van der Waals surface area contributed by atoms with Gasteiger partial charge in [0, 0.05) is 26.6 Å². The Bertz CT molecular complexity index is 223. The highest BCUT2D eigenvalue weighted by Gasteiger charge is 2.38. The summed E-state index contributed by atoms with van der Waals surface area (Å²) >= 11 is 0. The van der Waals surface area contributed by atoms with Crippen LogP contribution in [0.5, 0.6) is 0 Å². The summed E-state index contributed by atoms with van der Waals surface area (Å²) in [6, 6.07) is -0.208. The number of nitrogens with zero attached hydrogens (tertiary/aromatic N) is 2. The topological polar surface area (TPSA) is 40.6 Å². The lowest BCUT2D eigenvalue weighted by Crippen LogP contribution is -2.58. The average Bonchev–Trinajstić information content (AvgIpc) is 2.01. The van der Waals surface area contributed by atoms with Crippen LogP contribution in [-0.2, 0) is 9.59 Å². The Kier molecular flexibility index (Phi) is 3.13. The van der Waals surface area contributed by atoms with E-state index in [1.54, 1.807) is 23.9 Å². The van der Waals surface area contributed by atoms with Gasteiger partial charge in [-0.05, 0) is 6.42 Å². The molecule has 0 spiro atoms. The molecule has 1 atom stereocenters. The zero-order valence-electron chi connectivity index (χ0n) is 9.28. The minimum absolute atomic E-state index is 0.0206. The molecule has 2 amide bonds. The smallest absolute Gasteiger partial charge is 0.244 e. The zero-order valence-corrected chi connectivity index (χ0v) is 9.28. The predicted octanol–water partition coefficient (Wildman–Crippen LogP) is 0.331. The number of carbonyl (C=O) groups excluding carboxylic acids is 2. The zero-order chi connectivity index (χ0) is 10.9. The Morgan fingerprint density at radius 1 is 1.36 bits per heavy atom. The molecule has 0 aromatic heterocycles. The molecule has 0 saturated carbocycles. The Hall–Kier alpha value is -1.06. The summed E-state index contributed by atoms with van der Waals surface area (Å²) in [6.45, 7) is 4.44. The van der Waals surface area contributed by atoms with E-state index in [9.17, 15) is 9.59 Å². The second kappa shape index (κ2) is 3.98. The van der Waals surface area contributed by atoms with E-state index in [4.69, 9.17) is 0 Å². The molecule has 0 aliphatic carbocycles. The molecule has 1 saturated heterocycles. The molecular weight excluding hydrogens is 180 g/mol. The normalized spacial score (nSPS) is 20.6. The van der Waals surface area contributed by atoms with Crippen molar-refractivity contribution in [2.24, 2.45) is 5.92 Å². The fraction of sp³-hybridized carbons (Fsp3) is 0.800. The Morgan fingerprint density at radius 2 is 1.93 bits per heavy atom. The number of likely N-dealkylation sites (N-methyl/N-ethyl adjacent to an activating group) is 1. The van der Waals surface area contributed by atoms with Crippen LogP contribution in [-0.4, -0.2) is 48.3 Å². The van der Waals surface area contributed by atoms with E-state index in [2.05, 4.69) is 0 Å². The van der Waals surface area contributed by atoms with Gasteiger partial charge in [0.15, 0.2) is 0 Å². The Balaban J connectivity index is 2.59. The maximum Gasteiger partial charge on any atom is 0.244 e. The van der Waals surface area contributed by atoms with Crippen LogP contribution in [0.2, 0.25) is 0 Å². The first-order valence-corrected chi connectivity index (χ1v) is 4.96. The van der Waals surface area contributed by atoms with Gasteiger partial charge >= 0.3 is 0 Å². The van der Waals surface area contributed by atoms with Gasteiger partial charge in [-0.1, -0.05) is 13.8 Å². The van der Waals surface area contributed by atoms with Gasteiger partial charge in [0.2, 0.25) is 11.8 Å². The number of hydrogen-bond donors (Lipinski definition) is 0. The SMILES string of the molecule is CC(C)C(=O)N1CCC1C(=O)N(C)C. The van der Waals surface area contributed by atoms with Crippen LogP contribution in [0.25, 0.3) is 0 Å². The van der Waals surface area contributed by atoms with Crippen LogP contribution in [0, 0.1) is 5.92 Å². The van der Waals surface area contributed by atoms with E-state index in [1.165, 1.54) is 0 Å². The van der Waals surface area contributed by atoms with E-state index >= 15 is 0 Å². The highest BCUT2D eigenvalue weighted by atomic mass is 16.2. The lowest BCUT2D eigenvalue weighted by Gasteiger charge is -2.41. The number of carbonyl (C=O) groups is 2. The third-order valence-corrected chi connectivity index (χ3v) is 2.52. The summed E-state index contributed by atoms with van der Waals surface area (Å²) in [4.78, 5) is 26.4. The maximum absolute atomic E-state index is 11.6. The molecule has 1 aliphatic heterocycles. The summed E-state index contributed by atoms with van der Waals surface area (Å²) in [5.41, 5.74) is 0. The van der Waals surface area contributed by atoms with Crippen molar-refractivity contribution in [3.8, 4) is 0 Å². The van der Waals surface area contributed by atoms with Crippen LogP contribution in [0.4, 0.5) is 0 Å². The minimum Gasteiger partial charge on any atom is -0.347 e. The van der Waals surface area contributed by atoms with Gasteiger partial charge in [-0.3, -0.25) is 9.59 Å². The van der Waals surface area contributed by atoms with Crippen LogP contribution in [0.3, 0.4) is 0 Å². The Labute approximate surface area is 84.9 Å². The highest BCUT2D eigenvalue weighted by molar-refractivity contribution is 5.89. The van der Waals surface area contributed by atoms with Crippen molar-refractivity contribution >= 4 is 11.8 Å². The van der Waals surface area contributed by atoms with E-state index in [0.29, 0.717) is 0 Å². The van der Waals surface area contributed by atoms with Crippen molar-refractivity contribution in [2.75, 3.05) is 20.6 Å². The van der Waals surface area contributed by atoms with E-state index in [1.807, 2.05) is 13.8 Å². The molecule has 1 rings (SSSR count). The summed E-state index contributed by atoms with van der Waals surface area (Å²) in [5.74, 6) is 0.0921. The monoisotopic (exact) mass is 198 g/mol. The molecule has 4 nitrogen and oxygen atoms in total. The number of likely N-dealkylation sites (tertiary alicyclic amines) is 1. The molecule has 80 valence electrons. The van der Waals surface area contributed by atoms with Gasteiger partial charge < -0.3 is 9.80 Å². The average molecular weight is 198 g/mol. The van der Waals surface area contributed by atoms with E-state index in [0.717, 1.165) is 13.0 Å². The fourth-order valence-corrected chi connectivity index (χ4v) is 1.54. The molecule has 0 radical (unpaired) electrons. The van der Waals surface area contributed by atoms with Crippen molar-refractivity contribution in [1.29, 1.82) is 0 Å². The molecular formula is C10H18N2O2. The summed E-state index contributed by atoms with van der Waals surface area (Å²) in [7, 11) is 3.44. The summed E-state index contributed by atoms with van der Waals surface area (Å²) < 4.78 is 0. The molecule has 0 N–H and O–H groups in total. The van der Waals surface area contributed by atoms with Crippen molar-refractivity contribution in [3.05, 3.63) is 0 Å². The van der Waals surface area contributed by atoms with Crippen LogP contribution in [0.15, 0.2) is 0 Å². The molecule has 0 bridgehead atoms. The molecule has 0 aromatic carbocycles. The third-order valence-electron chi connectivity index (χ3n) is 2.52. The highest BCUT2D eigenvalue weighted by Crippen LogP contribution is 2.21. The minimum atomic E-state index is -0.208. The van der Waals surface area contributed by atoms with Gasteiger partial charge in [-0.25, -0.2) is 0 Å². The van der Waals surface area contributed by atoms with Crippen molar-refractivity contribution in [2.45, 2.75) is 26.3 Å². The lowest BCUT2D eigenvalue weighted by molar-refractivity contribution is -0.153. The predicted molar refractivity (Wildman–Crippen MR) is 53.7 cm³/mol. The number of amides is 2. The first kappa shape index (κ1) is 11.0. The van der Waals surface area contributed by atoms with E-state index in [-0.39, 0.29) is 23.8 Å².